The molecule has 1 saturated heterocycles. The van der Waals surface area contributed by atoms with E-state index in [0.717, 1.165) is 38.0 Å². The number of hydrogen-bond donors (Lipinski definition) is 2. The molecule has 148 valence electrons. The van der Waals surface area contributed by atoms with Crippen molar-refractivity contribution >= 4 is 11.8 Å². The van der Waals surface area contributed by atoms with Crippen molar-refractivity contribution in [3.05, 3.63) is 70.8 Å². The van der Waals surface area contributed by atoms with Crippen molar-refractivity contribution in [3.8, 4) is 0 Å². The van der Waals surface area contributed by atoms with E-state index in [9.17, 15) is 9.59 Å². The van der Waals surface area contributed by atoms with Crippen LogP contribution in [0, 0.1) is 13.8 Å². The third-order valence-electron chi connectivity index (χ3n) is 5.16. The molecule has 0 bridgehead atoms. The van der Waals surface area contributed by atoms with Crippen molar-refractivity contribution in [3.63, 3.8) is 0 Å². The second kappa shape index (κ2) is 9.51. The molecule has 0 radical (unpaired) electrons. The molecule has 28 heavy (non-hydrogen) atoms. The highest BCUT2D eigenvalue weighted by atomic mass is 16.2. The van der Waals surface area contributed by atoms with Gasteiger partial charge in [0.15, 0.2) is 0 Å². The summed E-state index contributed by atoms with van der Waals surface area (Å²) >= 11 is 0. The van der Waals surface area contributed by atoms with Gasteiger partial charge < -0.3 is 10.6 Å². The monoisotopic (exact) mass is 379 g/mol. The molecule has 2 N–H and O–H groups in total. The van der Waals surface area contributed by atoms with Gasteiger partial charge in [-0.3, -0.25) is 14.5 Å². The van der Waals surface area contributed by atoms with E-state index in [-0.39, 0.29) is 24.4 Å². The second-order valence-electron chi connectivity index (χ2n) is 7.66. The minimum absolute atomic E-state index is 0.0101. The number of piperidine rings is 1. The lowest BCUT2D eigenvalue weighted by Crippen LogP contribution is -2.47. The molecule has 1 heterocycles. The van der Waals surface area contributed by atoms with Crippen LogP contribution in [0.3, 0.4) is 0 Å². The van der Waals surface area contributed by atoms with Gasteiger partial charge in [-0.25, -0.2) is 0 Å². The highest BCUT2D eigenvalue weighted by Gasteiger charge is 2.21. The molecule has 5 heteroatoms. The zero-order valence-electron chi connectivity index (χ0n) is 16.7. The van der Waals surface area contributed by atoms with Crippen LogP contribution in [0.4, 0.5) is 0 Å². The van der Waals surface area contributed by atoms with Gasteiger partial charge >= 0.3 is 0 Å². The van der Waals surface area contributed by atoms with Crippen molar-refractivity contribution < 1.29 is 9.59 Å². The molecule has 5 nitrogen and oxygen atoms in total. The average Bonchev–Trinajstić information content (AvgIpc) is 2.68. The first kappa shape index (κ1) is 20.1. The zero-order valence-corrected chi connectivity index (χ0v) is 16.7. The van der Waals surface area contributed by atoms with Crippen LogP contribution >= 0.6 is 0 Å². The number of carbonyl (C=O) groups is 2. The summed E-state index contributed by atoms with van der Waals surface area (Å²) in [5, 5.41) is 5.74. The summed E-state index contributed by atoms with van der Waals surface area (Å²) < 4.78 is 0. The van der Waals surface area contributed by atoms with Crippen molar-refractivity contribution in [1.82, 2.24) is 15.5 Å². The number of nitrogens with zero attached hydrogens (tertiary/aromatic N) is 1. The van der Waals surface area contributed by atoms with Gasteiger partial charge in [-0.15, -0.1) is 0 Å². The summed E-state index contributed by atoms with van der Waals surface area (Å²) in [6.07, 6.45) is 1.87. The Kier molecular flexibility index (Phi) is 6.82. The zero-order chi connectivity index (χ0) is 19.9. The maximum atomic E-state index is 12.2. The molecular formula is C23H29N3O2. The van der Waals surface area contributed by atoms with Gasteiger partial charge in [-0.2, -0.15) is 0 Å². The summed E-state index contributed by atoms with van der Waals surface area (Å²) in [7, 11) is 0. The molecule has 3 rings (SSSR count). The maximum Gasteiger partial charge on any atom is 0.251 e. The normalized spacial score (nSPS) is 15.2. The van der Waals surface area contributed by atoms with Crippen LogP contribution in [0.5, 0.6) is 0 Å². The van der Waals surface area contributed by atoms with E-state index in [4.69, 9.17) is 0 Å². The van der Waals surface area contributed by atoms with Crippen LogP contribution in [0.1, 0.15) is 39.9 Å². The van der Waals surface area contributed by atoms with Gasteiger partial charge in [-0.05, 0) is 44.4 Å². The predicted molar refractivity (Wildman–Crippen MR) is 111 cm³/mol. The minimum atomic E-state index is -0.219. The maximum absolute atomic E-state index is 12.2. The number of hydrogen-bond acceptors (Lipinski definition) is 3. The Morgan fingerprint density at radius 3 is 2.39 bits per heavy atom. The molecule has 0 saturated carbocycles. The highest BCUT2D eigenvalue weighted by molar-refractivity contribution is 5.96. The Labute approximate surface area is 167 Å². The Bertz CT molecular complexity index is 809. The third-order valence-corrected chi connectivity index (χ3v) is 5.16. The van der Waals surface area contributed by atoms with Gasteiger partial charge in [0, 0.05) is 31.2 Å². The van der Waals surface area contributed by atoms with Crippen molar-refractivity contribution in [2.24, 2.45) is 0 Å². The van der Waals surface area contributed by atoms with Crippen LogP contribution in [0.25, 0.3) is 0 Å². The average molecular weight is 380 g/mol. The summed E-state index contributed by atoms with van der Waals surface area (Å²) in [6, 6.07) is 16.1. The molecule has 0 spiro atoms. The fourth-order valence-electron chi connectivity index (χ4n) is 3.55. The first-order valence-electron chi connectivity index (χ1n) is 9.92. The molecule has 0 aromatic heterocycles. The number of likely N-dealkylation sites (tertiary alicyclic amines) is 1. The van der Waals surface area contributed by atoms with Crippen LogP contribution in [0.2, 0.25) is 0 Å². The number of nitrogens with one attached hydrogen (secondary N) is 2. The van der Waals surface area contributed by atoms with E-state index < -0.39 is 0 Å². The fraction of sp³-hybridized carbons (Fsp3) is 0.391. The Hall–Kier alpha value is -2.66. The van der Waals surface area contributed by atoms with E-state index in [1.165, 1.54) is 11.1 Å². The number of aryl methyl sites for hydroxylation is 2. The molecule has 0 unspecified atom stereocenters. The van der Waals surface area contributed by atoms with E-state index >= 15 is 0 Å². The number of amides is 2. The van der Waals surface area contributed by atoms with Gasteiger partial charge in [0.25, 0.3) is 5.91 Å². The van der Waals surface area contributed by atoms with Gasteiger partial charge in [0.1, 0.15) is 0 Å². The van der Waals surface area contributed by atoms with Gasteiger partial charge in [0.05, 0.1) is 6.54 Å². The molecule has 0 atom stereocenters. The van der Waals surface area contributed by atoms with Crippen molar-refractivity contribution in [2.45, 2.75) is 39.3 Å². The largest absolute Gasteiger partial charge is 0.352 e. The topological polar surface area (TPSA) is 61.4 Å². The lowest BCUT2D eigenvalue weighted by atomic mass is 10.0. The third kappa shape index (κ3) is 5.92. The van der Waals surface area contributed by atoms with E-state index in [2.05, 4.69) is 46.7 Å². The van der Waals surface area contributed by atoms with Crippen LogP contribution in [-0.4, -0.2) is 42.4 Å². The van der Waals surface area contributed by atoms with Crippen molar-refractivity contribution in [1.29, 1.82) is 0 Å². The number of carbonyl (C=O) groups excluding carboxylic acids is 2. The Balaban J connectivity index is 1.37. The quantitative estimate of drug-likeness (QED) is 0.811. The number of rotatable bonds is 6. The molecular weight excluding hydrogens is 350 g/mol. The molecule has 0 aliphatic carbocycles. The Morgan fingerprint density at radius 1 is 1.00 bits per heavy atom. The lowest BCUT2D eigenvalue weighted by Gasteiger charge is -2.32. The van der Waals surface area contributed by atoms with Crippen molar-refractivity contribution in [2.75, 3.05) is 19.6 Å². The van der Waals surface area contributed by atoms with Gasteiger partial charge in [-0.1, -0.05) is 47.5 Å². The molecule has 2 aromatic carbocycles. The van der Waals surface area contributed by atoms with Crippen LogP contribution in [-0.2, 0) is 11.3 Å². The first-order valence-corrected chi connectivity index (χ1v) is 9.92. The molecule has 1 aliphatic heterocycles. The fourth-order valence-corrected chi connectivity index (χ4v) is 3.55. The smallest absolute Gasteiger partial charge is 0.251 e. The first-order chi connectivity index (χ1) is 13.5. The summed E-state index contributed by atoms with van der Waals surface area (Å²) in [4.78, 5) is 26.7. The SMILES string of the molecule is Cc1ccc(C(=O)NCC(=O)NC2CCN(Cc3cccc(C)c3)CC2)cc1. The Morgan fingerprint density at radius 2 is 1.71 bits per heavy atom. The second-order valence-corrected chi connectivity index (χ2v) is 7.66. The number of benzene rings is 2. The predicted octanol–water partition coefficient (Wildman–Crippen LogP) is 2.81. The van der Waals surface area contributed by atoms with Gasteiger partial charge in [0.2, 0.25) is 5.91 Å². The molecule has 2 aromatic rings. The van der Waals surface area contributed by atoms with Crippen LogP contribution < -0.4 is 10.6 Å². The summed E-state index contributed by atoms with van der Waals surface area (Å²) in [6.45, 7) is 6.98. The highest BCUT2D eigenvalue weighted by Crippen LogP contribution is 2.14. The molecule has 1 aliphatic rings. The lowest BCUT2D eigenvalue weighted by molar-refractivity contribution is -0.121. The molecule has 2 amide bonds. The summed E-state index contributed by atoms with van der Waals surface area (Å²) in [5.41, 5.74) is 4.29. The van der Waals surface area contributed by atoms with E-state index in [1.54, 1.807) is 12.1 Å². The molecule has 1 fully saturated rings. The summed E-state index contributed by atoms with van der Waals surface area (Å²) in [5.74, 6) is -0.347. The standard InChI is InChI=1S/C23H29N3O2/c1-17-6-8-20(9-7-17)23(28)24-15-22(27)25-21-10-12-26(13-11-21)16-19-5-3-4-18(2)14-19/h3-9,14,21H,10-13,15-16H2,1-2H3,(H,24,28)(H,25,27). The van der Waals surface area contributed by atoms with E-state index in [1.807, 2.05) is 19.1 Å². The van der Waals surface area contributed by atoms with E-state index in [0.29, 0.717) is 5.56 Å². The van der Waals surface area contributed by atoms with Crippen LogP contribution in [0.15, 0.2) is 48.5 Å². The minimum Gasteiger partial charge on any atom is -0.352 e.